The summed E-state index contributed by atoms with van der Waals surface area (Å²) in [5, 5.41) is 3.07. The second-order valence-electron chi connectivity index (χ2n) is 3.88. The van der Waals surface area contributed by atoms with Crippen LogP contribution in [0.1, 0.15) is 0 Å². The second kappa shape index (κ2) is 4.81. The summed E-state index contributed by atoms with van der Waals surface area (Å²) >= 11 is 6.09. The third-order valence-electron chi connectivity index (χ3n) is 2.61. The Balaban J connectivity index is 1.87. The number of nitrogens with zero attached hydrogens (tertiary/aromatic N) is 2. The summed E-state index contributed by atoms with van der Waals surface area (Å²) in [6, 6.07) is 2.92. The number of imidazole rings is 1. The van der Waals surface area contributed by atoms with Crippen molar-refractivity contribution in [2.45, 2.75) is 0 Å². The Kier molecular flexibility index (Phi) is 3.00. The van der Waals surface area contributed by atoms with E-state index in [2.05, 4.69) is 10.3 Å². The monoisotopic (exact) mass is 279 g/mol. The van der Waals surface area contributed by atoms with E-state index in [0.717, 1.165) is 0 Å². The lowest BCUT2D eigenvalue weighted by atomic mass is 10.2. The molecule has 3 rings (SSSR count). The first-order valence-electron chi connectivity index (χ1n) is 5.62. The molecule has 7 heteroatoms. The molecule has 0 aliphatic carbocycles. The molecule has 1 amide bonds. The van der Waals surface area contributed by atoms with Gasteiger partial charge in [-0.3, -0.25) is 4.57 Å². The first-order valence-corrected chi connectivity index (χ1v) is 6.00. The van der Waals surface area contributed by atoms with Gasteiger partial charge in [0.15, 0.2) is 11.5 Å². The minimum Gasteiger partial charge on any atom is -0.486 e. The van der Waals surface area contributed by atoms with Gasteiger partial charge in [0.25, 0.3) is 0 Å². The number of hydrogen-bond acceptors (Lipinski definition) is 4. The number of anilines is 1. The van der Waals surface area contributed by atoms with Gasteiger partial charge in [-0.2, -0.15) is 0 Å². The number of aromatic nitrogens is 2. The minimum absolute atomic E-state index is 0.351. The van der Waals surface area contributed by atoms with Gasteiger partial charge in [-0.1, -0.05) is 11.6 Å². The van der Waals surface area contributed by atoms with Gasteiger partial charge >= 0.3 is 6.03 Å². The summed E-state index contributed by atoms with van der Waals surface area (Å²) < 4.78 is 12.1. The number of halogens is 1. The molecule has 1 aliphatic heterocycles. The zero-order chi connectivity index (χ0) is 13.2. The zero-order valence-corrected chi connectivity index (χ0v) is 10.6. The molecule has 2 aromatic rings. The highest BCUT2D eigenvalue weighted by Gasteiger charge is 2.16. The molecule has 0 saturated carbocycles. The van der Waals surface area contributed by atoms with E-state index in [1.807, 2.05) is 0 Å². The second-order valence-corrected chi connectivity index (χ2v) is 4.28. The van der Waals surface area contributed by atoms with Gasteiger partial charge in [0, 0.05) is 24.5 Å². The van der Waals surface area contributed by atoms with Crippen LogP contribution in [0.15, 0.2) is 30.9 Å². The average molecular weight is 280 g/mol. The van der Waals surface area contributed by atoms with Crippen molar-refractivity contribution in [3.05, 3.63) is 35.9 Å². The van der Waals surface area contributed by atoms with Crippen LogP contribution in [0.5, 0.6) is 11.5 Å². The van der Waals surface area contributed by atoms with E-state index in [1.165, 1.54) is 17.1 Å². The van der Waals surface area contributed by atoms with Crippen LogP contribution in [0, 0.1) is 0 Å². The molecule has 0 bridgehead atoms. The van der Waals surface area contributed by atoms with Gasteiger partial charge < -0.3 is 14.8 Å². The Bertz CT molecular complexity index is 613. The van der Waals surface area contributed by atoms with Crippen molar-refractivity contribution in [3.8, 4) is 11.5 Å². The number of benzene rings is 1. The predicted octanol–water partition coefficient (Wildman–Crippen LogP) is 2.39. The molecule has 0 unspecified atom stereocenters. The van der Waals surface area contributed by atoms with Crippen LogP contribution >= 0.6 is 11.6 Å². The van der Waals surface area contributed by atoms with Crippen LogP contribution in [0.3, 0.4) is 0 Å². The molecule has 1 aromatic heterocycles. The molecule has 98 valence electrons. The fourth-order valence-corrected chi connectivity index (χ4v) is 1.92. The summed E-state index contributed by atoms with van der Waals surface area (Å²) in [4.78, 5) is 15.7. The Hall–Kier alpha value is -2.21. The van der Waals surface area contributed by atoms with Crippen LogP contribution in [-0.2, 0) is 0 Å². The van der Waals surface area contributed by atoms with Gasteiger partial charge in [0.2, 0.25) is 0 Å². The van der Waals surface area contributed by atoms with Crippen molar-refractivity contribution in [1.82, 2.24) is 9.55 Å². The van der Waals surface area contributed by atoms with Crippen molar-refractivity contribution >= 4 is 23.3 Å². The predicted molar refractivity (Wildman–Crippen MR) is 69.1 cm³/mol. The summed E-state index contributed by atoms with van der Waals surface area (Å²) in [6.45, 7) is 0.966. The number of ether oxygens (including phenoxy) is 2. The molecule has 0 fully saturated rings. The van der Waals surface area contributed by atoms with Gasteiger partial charge in [-0.05, 0) is 0 Å². The highest BCUT2D eigenvalue weighted by molar-refractivity contribution is 6.34. The number of rotatable bonds is 1. The summed E-state index contributed by atoms with van der Waals surface area (Å²) in [6.07, 6.45) is 4.47. The molecule has 2 heterocycles. The number of amides is 1. The topological polar surface area (TPSA) is 65.4 Å². The zero-order valence-electron chi connectivity index (χ0n) is 9.80. The fourth-order valence-electron chi connectivity index (χ4n) is 1.72. The van der Waals surface area contributed by atoms with E-state index in [9.17, 15) is 4.79 Å². The van der Waals surface area contributed by atoms with Crippen molar-refractivity contribution in [2.24, 2.45) is 0 Å². The highest BCUT2D eigenvalue weighted by atomic mass is 35.5. The van der Waals surface area contributed by atoms with E-state index in [-0.39, 0.29) is 6.03 Å². The SMILES string of the molecule is O=C(Nc1cc2c(cc1Cl)OCCO2)n1ccnc1. The van der Waals surface area contributed by atoms with E-state index >= 15 is 0 Å². The van der Waals surface area contributed by atoms with Crippen LogP contribution in [0.2, 0.25) is 5.02 Å². The average Bonchev–Trinajstić information content (AvgIpc) is 2.93. The summed E-state index contributed by atoms with van der Waals surface area (Å²) in [5.41, 5.74) is 0.463. The molecule has 19 heavy (non-hydrogen) atoms. The standard InChI is InChI=1S/C12H10ClN3O3/c13-8-5-10-11(19-4-3-18-10)6-9(8)15-12(17)16-2-1-14-7-16/h1-2,5-7H,3-4H2,(H,15,17). The van der Waals surface area contributed by atoms with Gasteiger partial charge in [0.1, 0.15) is 19.5 Å². The largest absolute Gasteiger partial charge is 0.486 e. The summed E-state index contributed by atoms with van der Waals surface area (Å²) in [7, 11) is 0. The normalized spacial score (nSPS) is 13.1. The lowest BCUT2D eigenvalue weighted by Gasteiger charge is -2.20. The molecule has 1 aliphatic rings. The maximum Gasteiger partial charge on any atom is 0.331 e. The quantitative estimate of drug-likeness (QED) is 0.870. The van der Waals surface area contributed by atoms with Gasteiger partial charge in [-0.25, -0.2) is 9.78 Å². The number of fused-ring (bicyclic) bond motifs is 1. The maximum atomic E-state index is 11.9. The van der Waals surface area contributed by atoms with E-state index < -0.39 is 0 Å². The Labute approximate surface area is 113 Å². The minimum atomic E-state index is -0.351. The Morgan fingerprint density at radius 2 is 2.05 bits per heavy atom. The van der Waals surface area contributed by atoms with Gasteiger partial charge in [-0.15, -0.1) is 0 Å². The van der Waals surface area contributed by atoms with E-state index in [4.69, 9.17) is 21.1 Å². The molecule has 0 spiro atoms. The van der Waals surface area contributed by atoms with E-state index in [1.54, 1.807) is 18.3 Å². The molecule has 0 atom stereocenters. The maximum absolute atomic E-state index is 11.9. The first-order chi connectivity index (χ1) is 9.24. The Morgan fingerprint density at radius 3 is 2.74 bits per heavy atom. The van der Waals surface area contributed by atoms with Crippen LogP contribution < -0.4 is 14.8 Å². The number of carbonyl (C=O) groups is 1. The first kappa shape index (κ1) is 11.9. The molecule has 1 aromatic carbocycles. The van der Waals surface area contributed by atoms with E-state index in [0.29, 0.717) is 35.4 Å². The Morgan fingerprint density at radius 1 is 1.32 bits per heavy atom. The van der Waals surface area contributed by atoms with Crippen LogP contribution in [-0.4, -0.2) is 28.8 Å². The number of hydrogen-bond donors (Lipinski definition) is 1. The lowest BCUT2D eigenvalue weighted by molar-refractivity contribution is 0.171. The van der Waals surface area contributed by atoms with Crippen molar-refractivity contribution in [2.75, 3.05) is 18.5 Å². The third-order valence-corrected chi connectivity index (χ3v) is 2.93. The molecular formula is C12H10ClN3O3. The molecule has 1 N–H and O–H groups in total. The van der Waals surface area contributed by atoms with Crippen molar-refractivity contribution in [1.29, 1.82) is 0 Å². The van der Waals surface area contributed by atoms with Crippen molar-refractivity contribution in [3.63, 3.8) is 0 Å². The fraction of sp³-hybridized carbons (Fsp3) is 0.167. The molecule has 0 radical (unpaired) electrons. The smallest absolute Gasteiger partial charge is 0.331 e. The third kappa shape index (κ3) is 2.34. The highest BCUT2D eigenvalue weighted by Crippen LogP contribution is 2.37. The molecule has 6 nitrogen and oxygen atoms in total. The van der Waals surface area contributed by atoms with Crippen LogP contribution in [0.4, 0.5) is 10.5 Å². The molecule has 0 saturated heterocycles. The lowest BCUT2D eigenvalue weighted by Crippen LogP contribution is -2.19. The summed E-state index contributed by atoms with van der Waals surface area (Å²) in [5.74, 6) is 1.15. The molecular weight excluding hydrogens is 270 g/mol. The van der Waals surface area contributed by atoms with Crippen LogP contribution in [0.25, 0.3) is 0 Å². The number of nitrogens with one attached hydrogen (secondary N) is 1. The van der Waals surface area contributed by atoms with Gasteiger partial charge in [0.05, 0.1) is 10.7 Å². The van der Waals surface area contributed by atoms with Crippen molar-refractivity contribution < 1.29 is 14.3 Å². The number of carbonyl (C=O) groups excluding carboxylic acids is 1.